The Kier molecular flexibility index (Phi) is 5.69. The van der Waals surface area contributed by atoms with Gasteiger partial charge < -0.3 is 14.6 Å². The number of rotatable bonds is 5. The second-order valence-electron chi connectivity index (χ2n) is 4.81. The maximum atomic E-state index is 12.4. The van der Waals surface area contributed by atoms with E-state index >= 15 is 0 Å². The molecule has 5 nitrogen and oxygen atoms in total. The lowest BCUT2D eigenvalue weighted by molar-refractivity contribution is -0.118. The molecule has 0 saturated heterocycles. The first-order chi connectivity index (χ1) is 10.9. The number of hydrogen-bond donors (Lipinski definition) is 1. The van der Waals surface area contributed by atoms with Gasteiger partial charge in [-0.15, -0.1) is 0 Å². The highest BCUT2D eigenvalue weighted by Gasteiger charge is 2.19. The molecule has 0 saturated carbocycles. The molecule has 1 unspecified atom stereocenters. The lowest BCUT2D eigenvalue weighted by Crippen LogP contribution is -2.31. The zero-order valence-electron chi connectivity index (χ0n) is 12.7. The maximum Gasteiger partial charge on any atom is 0.270 e. The Hall–Kier alpha value is -1.98. The van der Waals surface area contributed by atoms with E-state index in [0.29, 0.717) is 18.0 Å². The number of hydrogen-bond acceptors (Lipinski definition) is 3. The largest absolute Gasteiger partial charge is 0.492 e. The van der Waals surface area contributed by atoms with Crippen LogP contribution in [0, 0.1) is 0 Å². The van der Waals surface area contributed by atoms with Gasteiger partial charge in [-0.1, -0.05) is 35.3 Å². The lowest BCUT2D eigenvalue weighted by Gasteiger charge is -2.17. The van der Waals surface area contributed by atoms with E-state index < -0.39 is 11.6 Å². The number of ether oxygens (including phenoxy) is 1. The van der Waals surface area contributed by atoms with Crippen molar-refractivity contribution in [3.63, 3.8) is 0 Å². The summed E-state index contributed by atoms with van der Waals surface area (Å²) in [4.78, 5) is 24.5. The second-order valence-corrected chi connectivity index (χ2v) is 5.66. The number of carbonyl (C=O) groups is 1. The van der Waals surface area contributed by atoms with Crippen molar-refractivity contribution in [2.75, 3.05) is 11.9 Å². The monoisotopic (exact) mass is 354 g/mol. The summed E-state index contributed by atoms with van der Waals surface area (Å²) in [7, 11) is 0. The SMILES string of the molecule is CCOc1ccccc1NC(=O)C(C)n1cc(Cl)cc(Cl)c1=O. The summed E-state index contributed by atoms with van der Waals surface area (Å²) in [6.45, 7) is 3.92. The molecule has 1 aromatic carbocycles. The third-order valence-electron chi connectivity index (χ3n) is 3.21. The molecule has 0 bridgehead atoms. The van der Waals surface area contributed by atoms with Crippen LogP contribution >= 0.6 is 23.2 Å². The number of pyridine rings is 1. The second kappa shape index (κ2) is 7.53. The average Bonchev–Trinajstić information content (AvgIpc) is 2.52. The fourth-order valence-corrected chi connectivity index (χ4v) is 2.52. The summed E-state index contributed by atoms with van der Waals surface area (Å²) in [5, 5.41) is 3.00. The number of benzene rings is 1. The lowest BCUT2D eigenvalue weighted by atomic mass is 10.2. The van der Waals surface area contributed by atoms with Crippen molar-refractivity contribution in [3.05, 3.63) is 56.9 Å². The molecule has 0 aliphatic carbocycles. The first-order valence-electron chi connectivity index (χ1n) is 7.04. The minimum absolute atomic E-state index is 0.0353. The number of halogens is 2. The van der Waals surface area contributed by atoms with Gasteiger partial charge in [-0.2, -0.15) is 0 Å². The van der Waals surface area contributed by atoms with E-state index in [2.05, 4.69) is 5.32 Å². The van der Waals surface area contributed by atoms with Crippen LogP contribution in [-0.4, -0.2) is 17.1 Å². The highest BCUT2D eigenvalue weighted by Crippen LogP contribution is 2.25. The Morgan fingerprint density at radius 3 is 2.74 bits per heavy atom. The van der Waals surface area contributed by atoms with E-state index in [0.717, 1.165) is 0 Å². The van der Waals surface area contributed by atoms with Crippen molar-refractivity contribution in [3.8, 4) is 5.75 Å². The highest BCUT2D eigenvalue weighted by atomic mass is 35.5. The minimum Gasteiger partial charge on any atom is -0.492 e. The van der Waals surface area contributed by atoms with Crippen molar-refractivity contribution < 1.29 is 9.53 Å². The predicted octanol–water partition coefficient (Wildman–Crippen LogP) is 3.75. The van der Waals surface area contributed by atoms with Crippen LogP contribution in [0.1, 0.15) is 19.9 Å². The highest BCUT2D eigenvalue weighted by molar-refractivity contribution is 6.34. The smallest absolute Gasteiger partial charge is 0.270 e. The Balaban J connectivity index is 2.26. The summed E-state index contributed by atoms with van der Waals surface area (Å²) >= 11 is 11.7. The number of nitrogens with zero attached hydrogens (tertiary/aromatic N) is 1. The molecule has 2 aromatic rings. The first kappa shape index (κ1) is 17.4. The molecule has 0 fully saturated rings. The Morgan fingerprint density at radius 2 is 2.04 bits per heavy atom. The molecule has 23 heavy (non-hydrogen) atoms. The molecule has 0 aliphatic rings. The third kappa shape index (κ3) is 4.06. The van der Waals surface area contributed by atoms with Crippen molar-refractivity contribution >= 4 is 34.8 Å². The molecule has 0 spiro atoms. The molecular weight excluding hydrogens is 339 g/mol. The standard InChI is InChI=1S/C16H16Cl2N2O3/c1-3-23-14-7-5-4-6-13(14)19-15(21)10(2)20-9-11(17)8-12(18)16(20)22/h4-10H,3H2,1-2H3,(H,19,21). The summed E-state index contributed by atoms with van der Waals surface area (Å²) in [5.74, 6) is 0.185. The van der Waals surface area contributed by atoms with Gasteiger partial charge in [-0.3, -0.25) is 9.59 Å². The van der Waals surface area contributed by atoms with E-state index in [1.165, 1.54) is 16.8 Å². The quantitative estimate of drug-likeness (QED) is 0.889. The summed E-state index contributed by atoms with van der Waals surface area (Å²) in [6, 6.07) is 7.64. The Bertz CT molecular complexity index is 774. The minimum atomic E-state index is -0.784. The van der Waals surface area contributed by atoms with Gasteiger partial charge in [0.1, 0.15) is 16.8 Å². The van der Waals surface area contributed by atoms with Crippen LogP contribution in [0.25, 0.3) is 0 Å². The number of amides is 1. The number of nitrogens with one attached hydrogen (secondary N) is 1. The molecular formula is C16H16Cl2N2O3. The van der Waals surface area contributed by atoms with Crippen LogP contribution < -0.4 is 15.6 Å². The van der Waals surface area contributed by atoms with Crippen LogP contribution in [0.5, 0.6) is 5.75 Å². The zero-order chi connectivity index (χ0) is 17.0. The molecule has 1 heterocycles. The van der Waals surface area contributed by atoms with Crippen molar-refractivity contribution in [2.24, 2.45) is 0 Å². The van der Waals surface area contributed by atoms with Gasteiger partial charge in [0.15, 0.2) is 0 Å². The molecule has 2 rings (SSSR count). The third-order valence-corrected chi connectivity index (χ3v) is 3.68. The molecule has 1 aromatic heterocycles. The van der Waals surface area contributed by atoms with Crippen molar-refractivity contribution in [1.29, 1.82) is 0 Å². The normalized spacial score (nSPS) is 11.8. The van der Waals surface area contributed by atoms with Gasteiger partial charge in [-0.05, 0) is 32.0 Å². The summed E-state index contributed by atoms with van der Waals surface area (Å²) in [5.41, 5.74) is 0.0594. The van der Waals surface area contributed by atoms with Gasteiger partial charge in [0, 0.05) is 6.20 Å². The van der Waals surface area contributed by atoms with Gasteiger partial charge in [0.2, 0.25) is 5.91 Å². The topological polar surface area (TPSA) is 60.3 Å². The van der Waals surface area contributed by atoms with Crippen LogP contribution in [0.2, 0.25) is 10.0 Å². The summed E-state index contributed by atoms with van der Waals surface area (Å²) in [6.07, 6.45) is 1.38. The van der Waals surface area contributed by atoms with Gasteiger partial charge in [-0.25, -0.2) is 0 Å². The number of para-hydroxylation sites is 2. The van der Waals surface area contributed by atoms with E-state index in [9.17, 15) is 9.59 Å². The molecule has 0 radical (unpaired) electrons. The Morgan fingerprint density at radius 1 is 1.35 bits per heavy atom. The van der Waals surface area contributed by atoms with E-state index in [-0.39, 0.29) is 16.0 Å². The Labute approximate surface area is 143 Å². The number of anilines is 1. The van der Waals surface area contributed by atoms with E-state index in [1.807, 2.05) is 13.0 Å². The van der Waals surface area contributed by atoms with Crippen LogP contribution in [0.15, 0.2) is 41.3 Å². The average molecular weight is 355 g/mol. The van der Waals surface area contributed by atoms with E-state index in [4.69, 9.17) is 27.9 Å². The van der Waals surface area contributed by atoms with Crippen LogP contribution in [-0.2, 0) is 4.79 Å². The predicted molar refractivity (Wildman–Crippen MR) is 91.7 cm³/mol. The van der Waals surface area contributed by atoms with E-state index in [1.54, 1.807) is 25.1 Å². The van der Waals surface area contributed by atoms with Gasteiger partial charge in [0.25, 0.3) is 5.56 Å². The fraction of sp³-hybridized carbons (Fsp3) is 0.250. The molecule has 7 heteroatoms. The molecule has 0 aliphatic heterocycles. The van der Waals surface area contributed by atoms with Crippen LogP contribution in [0.3, 0.4) is 0 Å². The maximum absolute atomic E-state index is 12.4. The summed E-state index contributed by atoms with van der Waals surface area (Å²) < 4.78 is 6.66. The van der Waals surface area contributed by atoms with Gasteiger partial charge >= 0.3 is 0 Å². The zero-order valence-corrected chi connectivity index (χ0v) is 14.2. The molecule has 122 valence electrons. The number of aromatic nitrogens is 1. The van der Waals surface area contributed by atoms with Crippen LogP contribution in [0.4, 0.5) is 5.69 Å². The first-order valence-corrected chi connectivity index (χ1v) is 7.79. The number of carbonyl (C=O) groups excluding carboxylic acids is 1. The van der Waals surface area contributed by atoms with Crippen molar-refractivity contribution in [2.45, 2.75) is 19.9 Å². The molecule has 1 amide bonds. The molecule has 1 atom stereocenters. The van der Waals surface area contributed by atoms with Gasteiger partial charge in [0.05, 0.1) is 17.3 Å². The fourth-order valence-electron chi connectivity index (χ4n) is 2.04. The van der Waals surface area contributed by atoms with Crippen molar-refractivity contribution in [1.82, 2.24) is 4.57 Å². The molecule has 1 N–H and O–H groups in total.